The van der Waals surface area contributed by atoms with Crippen LogP contribution in [0, 0.1) is 10.1 Å². The fourth-order valence-corrected chi connectivity index (χ4v) is 1.33. The van der Waals surface area contributed by atoms with Crippen LogP contribution in [0.5, 0.6) is 5.75 Å². The summed E-state index contributed by atoms with van der Waals surface area (Å²) in [6, 6.07) is 3.48. The highest BCUT2D eigenvalue weighted by molar-refractivity contribution is 5.86. The summed E-state index contributed by atoms with van der Waals surface area (Å²) in [6.45, 7) is 1.57. The van der Waals surface area contributed by atoms with Crippen molar-refractivity contribution in [3.8, 4) is 5.75 Å². The van der Waals surface area contributed by atoms with E-state index < -0.39 is 16.9 Å². The van der Waals surface area contributed by atoms with E-state index in [0.29, 0.717) is 6.42 Å². The van der Waals surface area contributed by atoms with E-state index in [1.165, 1.54) is 6.07 Å². The molecule has 1 atom stereocenters. The Balaban J connectivity index is 2.64. The van der Waals surface area contributed by atoms with Crippen LogP contribution in [0.25, 0.3) is 0 Å². The summed E-state index contributed by atoms with van der Waals surface area (Å²) >= 11 is 0. The zero-order chi connectivity index (χ0) is 15.1. The zero-order valence-electron chi connectivity index (χ0n) is 10.8. The van der Waals surface area contributed by atoms with Gasteiger partial charge in [0.25, 0.3) is 5.69 Å². The zero-order valence-corrected chi connectivity index (χ0v) is 10.8. The van der Waals surface area contributed by atoms with Gasteiger partial charge in [-0.05, 0) is 19.4 Å². The number of amides is 1. The quantitative estimate of drug-likeness (QED) is 0.406. The van der Waals surface area contributed by atoms with Crippen molar-refractivity contribution in [3.63, 3.8) is 0 Å². The van der Waals surface area contributed by atoms with Crippen LogP contribution in [0.15, 0.2) is 23.3 Å². The van der Waals surface area contributed by atoms with Crippen molar-refractivity contribution >= 4 is 17.8 Å². The number of nitro benzene ring substituents is 1. The molecule has 1 amide bonds. The molecule has 0 unspecified atom stereocenters. The van der Waals surface area contributed by atoms with E-state index in [4.69, 9.17) is 5.11 Å². The molecule has 0 aliphatic rings. The van der Waals surface area contributed by atoms with Gasteiger partial charge in [0.05, 0.1) is 17.2 Å². The lowest BCUT2D eigenvalue weighted by Crippen LogP contribution is -2.18. The van der Waals surface area contributed by atoms with E-state index in [2.05, 4.69) is 10.5 Å². The molecule has 0 saturated heterocycles. The van der Waals surface area contributed by atoms with Gasteiger partial charge in [0.1, 0.15) is 5.75 Å². The molecule has 108 valence electrons. The van der Waals surface area contributed by atoms with Crippen LogP contribution < -0.4 is 5.43 Å². The van der Waals surface area contributed by atoms with Gasteiger partial charge in [-0.1, -0.05) is 0 Å². The first-order valence-corrected chi connectivity index (χ1v) is 5.87. The molecule has 20 heavy (non-hydrogen) atoms. The maximum absolute atomic E-state index is 11.3. The van der Waals surface area contributed by atoms with Crippen LogP contribution in [-0.4, -0.2) is 33.4 Å². The smallest absolute Gasteiger partial charge is 0.270 e. The number of phenols is 1. The predicted molar refractivity (Wildman–Crippen MR) is 71.4 cm³/mol. The van der Waals surface area contributed by atoms with Crippen LogP contribution in [0.3, 0.4) is 0 Å². The number of benzene rings is 1. The fraction of sp³-hybridized carbons (Fsp3) is 0.333. The summed E-state index contributed by atoms with van der Waals surface area (Å²) < 4.78 is 0. The number of hydrogen-bond acceptors (Lipinski definition) is 6. The number of phenolic OH excluding ortho intramolecular Hbond substituents is 1. The first kappa shape index (κ1) is 15.6. The minimum Gasteiger partial charge on any atom is -0.507 e. The molecular formula is C12H15N3O5. The maximum Gasteiger partial charge on any atom is 0.270 e. The second kappa shape index (κ2) is 7.19. The van der Waals surface area contributed by atoms with Gasteiger partial charge in [-0.2, -0.15) is 5.10 Å². The Bertz CT molecular complexity index is 528. The Hall–Kier alpha value is -2.48. The molecule has 8 heteroatoms. The second-order valence-corrected chi connectivity index (χ2v) is 4.18. The van der Waals surface area contributed by atoms with Crippen LogP contribution >= 0.6 is 0 Å². The van der Waals surface area contributed by atoms with Crippen molar-refractivity contribution in [2.75, 3.05) is 0 Å². The lowest BCUT2D eigenvalue weighted by Gasteiger charge is -2.02. The van der Waals surface area contributed by atoms with E-state index in [0.717, 1.165) is 18.3 Å². The number of hydrazone groups is 1. The first-order valence-electron chi connectivity index (χ1n) is 5.87. The SMILES string of the molecule is C[C@@H](O)CCC(=O)N/N=C/c1cc([N+](=O)[O-])ccc1O. The second-order valence-electron chi connectivity index (χ2n) is 4.18. The van der Waals surface area contributed by atoms with Crippen molar-refractivity contribution in [2.45, 2.75) is 25.9 Å². The Morgan fingerprint density at radius 1 is 1.60 bits per heavy atom. The van der Waals surface area contributed by atoms with Crippen molar-refractivity contribution in [1.29, 1.82) is 0 Å². The Morgan fingerprint density at radius 3 is 2.90 bits per heavy atom. The molecule has 3 N–H and O–H groups in total. The van der Waals surface area contributed by atoms with E-state index in [9.17, 15) is 20.0 Å². The number of aromatic hydroxyl groups is 1. The average molecular weight is 281 g/mol. The number of carbonyl (C=O) groups excluding carboxylic acids is 1. The van der Waals surface area contributed by atoms with Crippen LogP contribution in [0.4, 0.5) is 5.69 Å². The summed E-state index contributed by atoms with van der Waals surface area (Å²) in [6.07, 6.45) is 0.952. The molecular weight excluding hydrogens is 266 g/mol. The van der Waals surface area contributed by atoms with Gasteiger partial charge in [0.15, 0.2) is 0 Å². The summed E-state index contributed by atoms with van der Waals surface area (Å²) in [5, 5.41) is 32.7. The van der Waals surface area contributed by atoms with Gasteiger partial charge >= 0.3 is 0 Å². The van der Waals surface area contributed by atoms with Gasteiger partial charge < -0.3 is 10.2 Å². The van der Waals surface area contributed by atoms with Gasteiger partial charge in [-0.3, -0.25) is 14.9 Å². The third-order valence-electron chi connectivity index (χ3n) is 2.40. The number of aliphatic hydroxyl groups is 1. The van der Waals surface area contributed by atoms with E-state index >= 15 is 0 Å². The van der Waals surface area contributed by atoms with Crippen molar-refractivity contribution in [2.24, 2.45) is 5.10 Å². The molecule has 0 aromatic heterocycles. The number of aliphatic hydroxyl groups excluding tert-OH is 1. The van der Waals surface area contributed by atoms with E-state index in [1.54, 1.807) is 6.92 Å². The fourth-order valence-electron chi connectivity index (χ4n) is 1.33. The number of carbonyl (C=O) groups is 1. The molecule has 1 aromatic rings. The summed E-state index contributed by atoms with van der Waals surface area (Å²) in [5.41, 5.74) is 2.13. The molecule has 0 bridgehead atoms. The molecule has 0 spiro atoms. The minimum absolute atomic E-state index is 0.107. The highest BCUT2D eigenvalue weighted by Gasteiger charge is 2.09. The Kier molecular flexibility index (Phi) is 5.60. The minimum atomic E-state index is -0.599. The highest BCUT2D eigenvalue weighted by atomic mass is 16.6. The molecule has 0 aliphatic heterocycles. The molecule has 0 fully saturated rings. The molecule has 0 heterocycles. The summed E-state index contributed by atoms with van der Waals surface area (Å²) in [5.74, 6) is -0.579. The number of nitrogens with one attached hydrogen (secondary N) is 1. The summed E-state index contributed by atoms with van der Waals surface area (Å²) in [4.78, 5) is 21.3. The summed E-state index contributed by atoms with van der Waals surface area (Å²) in [7, 11) is 0. The molecule has 1 rings (SSSR count). The predicted octanol–water partition coefficient (Wildman–Crippen LogP) is 0.911. The van der Waals surface area contributed by atoms with Crippen molar-refractivity contribution in [3.05, 3.63) is 33.9 Å². The normalized spacial score (nSPS) is 12.3. The van der Waals surface area contributed by atoms with Gasteiger partial charge in [0, 0.05) is 24.1 Å². The third-order valence-corrected chi connectivity index (χ3v) is 2.40. The number of nitro groups is 1. The molecule has 1 aromatic carbocycles. The topological polar surface area (TPSA) is 125 Å². The lowest BCUT2D eigenvalue weighted by atomic mass is 10.2. The largest absolute Gasteiger partial charge is 0.507 e. The molecule has 0 aliphatic carbocycles. The lowest BCUT2D eigenvalue weighted by molar-refractivity contribution is -0.384. The van der Waals surface area contributed by atoms with E-state index in [1.807, 2.05) is 0 Å². The average Bonchev–Trinajstić information content (AvgIpc) is 2.38. The van der Waals surface area contributed by atoms with Gasteiger partial charge in [0.2, 0.25) is 5.91 Å². The molecule has 0 saturated carbocycles. The van der Waals surface area contributed by atoms with Gasteiger partial charge in [-0.15, -0.1) is 0 Å². The van der Waals surface area contributed by atoms with Gasteiger partial charge in [-0.25, -0.2) is 5.43 Å². The Morgan fingerprint density at radius 2 is 2.30 bits per heavy atom. The van der Waals surface area contributed by atoms with Crippen molar-refractivity contribution in [1.82, 2.24) is 5.43 Å². The maximum atomic E-state index is 11.3. The number of non-ortho nitro benzene ring substituents is 1. The third kappa shape index (κ3) is 5.02. The molecule has 8 nitrogen and oxygen atoms in total. The monoisotopic (exact) mass is 281 g/mol. The first-order chi connectivity index (χ1) is 9.40. The van der Waals surface area contributed by atoms with Crippen molar-refractivity contribution < 1.29 is 19.9 Å². The van der Waals surface area contributed by atoms with Crippen LogP contribution in [0.2, 0.25) is 0 Å². The van der Waals surface area contributed by atoms with Crippen LogP contribution in [-0.2, 0) is 4.79 Å². The number of hydrogen-bond donors (Lipinski definition) is 3. The number of nitrogens with zero attached hydrogens (tertiary/aromatic N) is 2. The highest BCUT2D eigenvalue weighted by Crippen LogP contribution is 2.21. The Labute approximate surface area is 114 Å². The standard InChI is InChI=1S/C12H15N3O5/c1-8(16)2-5-12(18)14-13-7-9-6-10(15(19)20)3-4-11(9)17/h3-4,6-8,16-17H,2,5H2,1H3,(H,14,18)/b13-7+/t8-/m1/s1. The number of rotatable bonds is 6. The van der Waals surface area contributed by atoms with E-state index in [-0.39, 0.29) is 23.4 Å². The molecule has 0 radical (unpaired) electrons. The van der Waals surface area contributed by atoms with Crippen LogP contribution in [0.1, 0.15) is 25.3 Å².